The normalized spacial score (nSPS) is 19.8. The lowest BCUT2D eigenvalue weighted by molar-refractivity contribution is -0.158. The average Bonchev–Trinajstić information content (AvgIpc) is 3.62. The van der Waals surface area contributed by atoms with Crippen LogP contribution in [0.25, 0.3) is 10.9 Å². The number of benzene rings is 1. The van der Waals surface area contributed by atoms with E-state index in [0.29, 0.717) is 17.6 Å². The van der Waals surface area contributed by atoms with Crippen LogP contribution in [-0.4, -0.2) is 71.7 Å². The van der Waals surface area contributed by atoms with E-state index in [-0.39, 0.29) is 48.0 Å². The number of hydrogen-bond donors (Lipinski definition) is 0. The number of hydrogen-bond acceptors (Lipinski definition) is 8. The highest BCUT2D eigenvalue weighted by molar-refractivity contribution is 6.36. The maximum absolute atomic E-state index is 15.8. The van der Waals surface area contributed by atoms with Gasteiger partial charge in [0.05, 0.1) is 34.7 Å². The van der Waals surface area contributed by atoms with E-state index in [1.54, 1.807) is 18.4 Å². The molecule has 0 bridgehead atoms. The van der Waals surface area contributed by atoms with Crippen LogP contribution in [0.5, 0.6) is 0 Å². The van der Waals surface area contributed by atoms with E-state index in [2.05, 4.69) is 10.0 Å². The van der Waals surface area contributed by atoms with E-state index in [9.17, 15) is 19.2 Å². The average molecular weight is 613 g/mol. The van der Waals surface area contributed by atoms with Crippen LogP contribution in [0.1, 0.15) is 80.3 Å². The SMILES string of the molecule is CCOC(=O)C(C(=O)OCC)C(=O)c1cn(C2CC2)c2c(Cl)c(C3CCCN(N4CCCC4)C3)c(F)cc2c1=O.Cl. The van der Waals surface area contributed by atoms with Crippen LogP contribution in [0.4, 0.5) is 4.39 Å². The number of esters is 2. The Bertz CT molecular complexity index is 1370. The lowest BCUT2D eigenvalue weighted by Crippen LogP contribution is -2.46. The molecular formula is C29H36Cl2FN3O6. The van der Waals surface area contributed by atoms with Crippen molar-refractivity contribution in [2.24, 2.45) is 5.92 Å². The third kappa shape index (κ3) is 6.16. The molecule has 224 valence electrons. The molecule has 2 saturated heterocycles. The molecular weight excluding hydrogens is 576 g/mol. The summed E-state index contributed by atoms with van der Waals surface area (Å²) in [5.74, 6) is -5.91. The van der Waals surface area contributed by atoms with Crippen LogP contribution in [0.3, 0.4) is 0 Å². The number of nitrogens with zero attached hydrogens (tertiary/aromatic N) is 3. The zero-order valence-corrected chi connectivity index (χ0v) is 24.9. The number of carbonyl (C=O) groups is 3. The first-order chi connectivity index (χ1) is 19.3. The van der Waals surface area contributed by atoms with Crippen molar-refractivity contribution >= 4 is 52.6 Å². The van der Waals surface area contributed by atoms with Crippen LogP contribution in [-0.2, 0) is 19.1 Å². The number of piperidine rings is 1. The Kier molecular flexibility index (Phi) is 10.1. The van der Waals surface area contributed by atoms with Crippen molar-refractivity contribution < 1.29 is 28.2 Å². The first kappa shape index (κ1) is 31.4. The van der Waals surface area contributed by atoms with Crippen molar-refractivity contribution in [3.63, 3.8) is 0 Å². The summed E-state index contributed by atoms with van der Waals surface area (Å²) in [4.78, 5) is 52.4. The molecule has 3 fully saturated rings. The molecule has 1 aromatic carbocycles. The predicted molar refractivity (Wildman–Crippen MR) is 154 cm³/mol. The number of carbonyl (C=O) groups excluding carboxylic acids is 3. The number of pyridine rings is 1. The maximum Gasteiger partial charge on any atom is 0.328 e. The lowest BCUT2D eigenvalue weighted by atomic mass is 9.89. The van der Waals surface area contributed by atoms with Crippen LogP contribution in [0.15, 0.2) is 17.1 Å². The van der Waals surface area contributed by atoms with Gasteiger partial charge >= 0.3 is 11.9 Å². The molecule has 2 aliphatic heterocycles. The molecule has 1 saturated carbocycles. The predicted octanol–water partition coefficient (Wildman–Crippen LogP) is 4.67. The van der Waals surface area contributed by atoms with Crippen LogP contribution >= 0.6 is 24.0 Å². The fourth-order valence-corrected chi connectivity index (χ4v) is 6.44. The Morgan fingerprint density at radius 1 is 1.00 bits per heavy atom. The molecule has 5 rings (SSSR count). The molecule has 2 aromatic rings. The summed E-state index contributed by atoms with van der Waals surface area (Å²) in [5.41, 5.74) is -0.414. The number of hydrazine groups is 1. The molecule has 9 nitrogen and oxygen atoms in total. The molecule has 3 aliphatic rings. The number of halogens is 3. The highest BCUT2D eigenvalue weighted by Gasteiger charge is 2.40. The minimum Gasteiger partial charge on any atom is -0.465 e. The van der Waals surface area contributed by atoms with Gasteiger partial charge in [0.25, 0.3) is 0 Å². The van der Waals surface area contributed by atoms with Gasteiger partial charge in [0.1, 0.15) is 5.82 Å². The number of ketones is 1. The summed E-state index contributed by atoms with van der Waals surface area (Å²) in [6, 6.07) is 1.12. The molecule has 3 heterocycles. The maximum atomic E-state index is 15.8. The molecule has 1 aliphatic carbocycles. The Morgan fingerprint density at radius 2 is 1.61 bits per heavy atom. The van der Waals surface area contributed by atoms with E-state index in [0.717, 1.165) is 64.2 Å². The summed E-state index contributed by atoms with van der Waals surface area (Å²) >= 11 is 6.95. The number of aromatic nitrogens is 1. The quantitative estimate of drug-likeness (QED) is 0.229. The molecule has 1 atom stereocenters. The van der Waals surface area contributed by atoms with Gasteiger partial charge in [-0.3, -0.25) is 19.2 Å². The third-order valence-corrected chi connectivity index (χ3v) is 8.43. The molecule has 0 radical (unpaired) electrons. The monoisotopic (exact) mass is 611 g/mol. The third-order valence-electron chi connectivity index (χ3n) is 8.05. The van der Waals surface area contributed by atoms with Crippen molar-refractivity contribution in [2.75, 3.05) is 39.4 Å². The fourth-order valence-electron chi connectivity index (χ4n) is 6.00. The van der Waals surface area contributed by atoms with Crippen molar-refractivity contribution in [3.8, 4) is 0 Å². The Hall–Kier alpha value is -2.53. The summed E-state index contributed by atoms with van der Waals surface area (Å²) in [7, 11) is 0. The van der Waals surface area contributed by atoms with Crippen LogP contribution in [0, 0.1) is 11.7 Å². The summed E-state index contributed by atoms with van der Waals surface area (Å²) in [6.07, 6.45) is 6.92. The van der Waals surface area contributed by atoms with Gasteiger partial charge in [-0.15, -0.1) is 12.4 Å². The Balaban J connectivity index is 0.00000387. The highest BCUT2D eigenvalue weighted by atomic mass is 35.5. The molecule has 0 N–H and O–H groups in total. The number of ether oxygens (including phenoxy) is 2. The number of rotatable bonds is 9. The second-order valence-electron chi connectivity index (χ2n) is 10.7. The lowest BCUT2D eigenvalue weighted by Gasteiger charge is -2.39. The van der Waals surface area contributed by atoms with Crippen molar-refractivity contribution in [2.45, 2.75) is 64.3 Å². The zero-order valence-electron chi connectivity index (χ0n) is 23.3. The molecule has 12 heteroatoms. The van der Waals surface area contributed by atoms with Crippen LogP contribution in [0.2, 0.25) is 5.02 Å². The van der Waals surface area contributed by atoms with Gasteiger partial charge < -0.3 is 14.0 Å². The highest BCUT2D eigenvalue weighted by Crippen LogP contribution is 2.43. The van der Waals surface area contributed by atoms with Gasteiger partial charge in [0.2, 0.25) is 5.92 Å². The Morgan fingerprint density at radius 3 is 2.20 bits per heavy atom. The van der Waals surface area contributed by atoms with Gasteiger partial charge in [-0.05, 0) is 58.4 Å². The topological polar surface area (TPSA) is 98.2 Å². The van der Waals surface area contributed by atoms with E-state index < -0.39 is 40.4 Å². The summed E-state index contributed by atoms with van der Waals surface area (Å²) in [6.45, 7) is 6.52. The van der Waals surface area contributed by atoms with Gasteiger partial charge in [-0.25, -0.2) is 14.4 Å². The van der Waals surface area contributed by atoms with Crippen molar-refractivity contribution in [1.82, 2.24) is 14.6 Å². The minimum atomic E-state index is -1.95. The molecule has 1 aromatic heterocycles. The van der Waals surface area contributed by atoms with Crippen molar-refractivity contribution in [1.29, 1.82) is 0 Å². The standard InChI is InChI=1S/C29H35ClFN3O6.ClH/c1-3-39-28(37)23(29(38)40-4-2)27(36)20-16-34(18-9-10-18)25-19(26(20)35)14-21(31)22(24(25)30)17-8-7-13-33(15-17)32-11-5-6-12-32;/h14,16-18,23H,3-13,15H2,1-2H3;1H. The first-order valence-corrected chi connectivity index (χ1v) is 14.6. The fraction of sp³-hybridized carbons (Fsp3) is 0.586. The zero-order chi connectivity index (χ0) is 28.6. The molecule has 1 unspecified atom stereocenters. The number of Topliss-reactive ketones (excluding diaryl/α,β-unsaturated/α-hetero) is 1. The van der Waals surface area contributed by atoms with Gasteiger partial charge in [-0.2, -0.15) is 0 Å². The van der Waals surface area contributed by atoms with E-state index >= 15 is 4.39 Å². The van der Waals surface area contributed by atoms with Crippen LogP contribution < -0.4 is 5.43 Å². The summed E-state index contributed by atoms with van der Waals surface area (Å²) in [5, 5.41) is 4.75. The molecule has 0 spiro atoms. The molecule has 41 heavy (non-hydrogen) atoms. The minimum absolute atomic E-state index is 0. The summed E-state index contributed by atoms with van der Waals surface area (Å²) < 4.78 is 27.5. The first-order valence-electron chi connectivity index (χ1n) is 14.2. The van der Waals surface area contributed by atoms with Gasteiger partial charge in [0, 0.05) is 49.9 Å². The molecule has 0 amide bonds. The number of fused-ring (bicyclic) bond motifs is 1. The van der Waals surface area contributed by atoms with E-state index in [4.69, 9.17) is 21.1 Å². The second kappa shape index (κ2) is 13.2. The van der Waals surface area contributed by atoms with E-state index in [1.165, 1.54) is 6.20 Å². The van der Waals surface area contributed by atoms with Gasteiger partial charge in [-0.1, -0.05) is 11.6 Å². The largest absolute Gasteiger partial charge is 0.465 e. The smallest absolute Gasteiger partial charge is 0.328 e. The van der Waals surface area contributed by atoms with Gasteiger partial charge in [0.15, 0.2) is 11.2 Å². The van der Waals surface area contributed by atoms with Crippen molar-refractivity contribution in [3.05, 3.63) is 44.5 Å². The van der Waals surface area contributed by atoms with E-state index in [1.807, 2.05) is 0 Å². The Labute approximate surface area is 249 Å². The second-order valence-corrected chi connectivity index (χ2v) is 11.1.